The highest BCUT2D eigenvalue weighted by molar-refractivity contribution is 9.10. The third-order valence-corrected chi connectivity index (χ3v) is 4.31. The molecule has 0 saturated heterocycles. The lowest BCUT2D eigenvalue weighted by Crippen LogP contribution is -1.94. The Labute approximate surface area is 157 Å². The first-order valence-electron chi connectivity index (χ1n) is 6.36. The Balaban J connectivity index is 0.000000251. The van der Waals surface area contributed by atoms with Crippen LogP contribution in [0.2, 0.25) is 0 Å². The summed E-state index contributed by atoms with van der Waals surface area (Å²) in [6, 6.07) is 4.31. The van der Waals surface area contributed by atoms with E-state index in [2.05, 4.69) is 36.6 Å². The minimum absolute atomic E-state index is 0.0417. The summed E-state index contributed by atoms with van der Waals surface area (Å²) in [5.41, 5.74) is -0.138. The molecule has 0 spiro atoms. The first kappa shape index (κ1) is 20.9. The van der Waals surface area contributed by atoms with Crippen molar-refractivity contribution in [2.24, 2.45) is 0 Å². The number of aryl methyl sites for hydroxylation is 1. The van der Waals surface area contributed by atoms with Crippen LogP contribution in [0.1, 0.15) is 5.56 Å². The quantitative estimate of drug-likeness (QED) is 0.435. The number of hydrogen-bond acceptors (Lipinski definition) is 5. The average Bonchev–Trinajstić information content (AvgIpc) is 2.53. The lowest BCUT2D eigenvalue weighted by atomic mass is 10.2. The molecule has 134 valence electrons. The van der Waals surface area contributed by atoms with E-state index < -0.39 is 27.2 Å². The summed E-state index contributed by atoms with van der Waals surface area (Å²) in [5, 5.41) is 20.7. The maximum atomic E-state index is 12.9. The van der Waals surface area contributed by atoms with Gasteiger partial charge in [0.05, 0.1) is 21.4 Å². The van der Waals surface area contributed by atoms with Crippen LogP contribution in [0.4, 0.5) is 20.2 Å². The zero-order valence-electron chi connectivity index (χ0n) is 12.8. The Morgan fingerprint density at radius 3 is 1.92 bits per heavy atom. The van der Waals surface area contributed by atoms with Gasteiger partial charge in [0.25, 0.3) is 0 Å². The van der Waals surface area contributed by atoms with Crippen LogP contribution in [-0.2, 0) is 0 Å². The normalized spacial score (nSPS) is 9.84. The van der Waals surface area contributed by atoms with E-state index in [1.165, 1.54) is 7.11 Å². The molecule has 0 saturated carbocycles. The van der Waals surface area contributed by atoms with E-state index in [-0.39, 0.29) is 15.9 Å². The third-order valence-electron chi connectivity index (χ3n) is 2.84. The molecule has 2 aromatic carbocycles. The van der Waals surface area contributed by atoms with Crippen LogP contribution in [0.3, 0.4) is 0 Å². The predicted molar refractivity (Wildman–Crippen MR) is 92.8 cm³/mol. The van der Waals surface area contributed by atoms with Gasteiger partial charge in [0, 0.05) is 22.7 Å². The molecule has 11 heteroatoms. The SMILES string of the molecule is COc1cc(F)c(Br)cc1[N+](=O)[O-].Cc1cc(F)c([N+](=O)[O-])cc1Br. The summed E-state index contributed by atoms with van der Waals surface area (Å²) < 4.78 is 30.9. The minimum Gasteiger partial charge on any atom is -0.490 e. The van der Waals surface area contributed by atoms with E-state index in [0.717, 1.165) is 24.3 Å². The molecule has 0 unspecified atom stereocenters. The van der Waals surface area contributed by atoms with Crippen LogP contribution < -0.4 is 4.74 Å². The van der Waals surface area contributed by atoms with Crippen molar-refractivity contribution in [3.8, 4) is 5.75 Å². The van der Waals surface area contributed by atoms with Gasteiger partial charge in [-0.25, -0.2) is 4.39 Å². The first-order valence-corrected chi connectivity index (χ1v) is 7.94. The Morgan fingerprint density at radius 1 is 0.920 bits per heavy atom. The highest BCUT2D eigenvalue weighted by Crippen LogP contribution is 2.32. The summed E-state index contributed by atoms with van der Waals surface area (Å²) in [7, 11) is 1.25. The predicted octanol–water partition coefficient (Wildman–Crippen LogP) is 5.31. The molecular weight excluding hydrogens is 474 g/mol. The molecule has 7 nitrogen and oxygen atoms in total. The zero-order chi connectivity index (χ0) is 19.3. The van der Waals surface area contributed by atoms with Crippen molar-refractivity contribution in [1.82, 2.24) is 0 Å². The fraction of sp³-hybridized carbons (Fsp3) is 0.143. The molecule has 2 aromatic rings. The van der Waals surface area contributed by atoms with Gasteiger partial charge in [0.15, 0.2) is 5.75 Å². The van der Waals surface area contributed by atoms with Crippen LogP contribution in [0, 0.1) is 38.8 Å². The Bertz CT molecular complexity index is 833. The molecule has 0 N–H and O–H groups in total. The topological polar surface area (TPSA) is 95.5 Å². The van der Waals surface area contributed by atoms with Crippen molar-refractivity contribution < 1.29 is 23.4 Å². The molecule has 2 rings (SSSR count). The Morgan fingerprint density at radius 2 is 1.44 bits per heavy atom. The maximum Gasteiger partial charge on any atom is 0.312 e. The minimum atomic E-state index is -0.805. The number of halogens is 4. The van der Waals surface area contributed by atoms with Gasteiger partial charge in [-0.2, -0.15) is 4.39 Å². The number of ether oxygens (including phenoxy) is 1. The zero-order valence-corrected chi connectivity index (χ0v) is 15.9. The molecule has 0 aromatic heterocycles. The van der Waals surface area contributed by atoms with E-state index >= 15 is 0 Å². The molecule has 0 bridgehead atoms. The van der Waals surface area contributed by atoms with Crippen molar-refractivity contribution in [3.63, 3.8) is 0 Å². The summed E-state index contributed by atoms with van der Waals surface area (Å²) in [4.78, 5) is 19.3. The van der Waals surface area contributed by atoms with E-state index in [1.807, 2.05) is 0 Å². The number of nitrogens with zero attached hydrogens (tertiary/aromatic N) is 2. The number of nitro groups is 2. The van der Waals surface area contributed by atoms with Crippen molar-refractivity contribution in [1.29, 1.82) is 0 Å². The molecular formula is C14H10Br2F2N2O5. The van der Waals surface area contributed by atoms with Crippen LogP contribution in [0.25, 0.3) is 0 Å². The van der Waals surface area contributed by atoms with E-state index in [1.54, 1.807) is 6.92 Å². The van der Waals surface area contributed by atoms with Crippen molar-refractivity contribution in [2.75, 3.05) is 7.11 Å². The Kier molecular flexibility index (Phi) is 7.37. The first-order chi connectivity index (χ1) is 11.6. The second-order valence-corrected chi connectivity index (χ2v) is 6.21. The second kappa shape index (κ2) is 8.81. The second-order valence-electron chi connectivity index (χ2n) is 4.51. The van der Waals surface area contributed by atoms with E-state index in [9.17, 15) is 29.0 Å². The molecule has 0 aliphatic rings. The van der Waals surface area contributed by atoms with Gasteiger partial charge in [-0.3, -0.25) is 20.2 Å². The maximum absolute atomic E-state index is 12.9. The average molecular weight is 484 g/mol. The van der Waals surface area contributed by atoms with E-state index in [0.29, 0.717) is 10.0 Å². The van der Waals surface area contributed by atoms with Gasteiger partial charge in [-0.15, -0.1) is 0 Å². The van der Waals surface area contributed by atoms with Crippen LogP contribution in [0.5, 0.6) is 5.75 Å². The largest absolute Gasteiger partial charge is 0.490 e. The molecule has 0 atom stereocenters. The van der Waals surface area contributed by atoms with Gasteiger partial charge in [0.1, 0.15) is 5.82 Å². The van der Waals surface area contributed by atoms with Crippen molar-refractivity contribution >= 4 is 43.2 Å². The summed E-state index contributed by atoms with van der Waals surface area (Å²) in [6.45, 7) is 1.66. The number of nitro benzene ring substituents is 2. The third kappa shape index (κ3) is 5.43. The van der Waals surface area contributed by atoms with Crippen LogP contribution in [-0.4, -0.2) is 17.0 Å². The Hall–Kier alpha value is -2.14. The standard InChI is InChI=1S/C7H5BrFNO3.C7H5BrFNO2/c1-13-7-3-5(9)4(8)2-6(7)10(11)12;1-4-2-6(9)7(10(11)12)3-5(4)8/h2-3H,1H3;2-3H,1H3. The number of hydrogen-bond donors (Lipinski definition) is 0. The van der Waals surface area contributed by atoms with Crippen LogP contribution in [0.15, 0.2) is 33.2 Å². The summed E-state index contributed by atoms with van der Waals surface area (Å²) in [5.74, 6) is -1.49. The number of rotatable bonds is 3. The molecule has 0 heterocycles. The molecule has 0 aliphatic carbocycles. The fourth-order valence-electron chi connectivity index (χ4n) is 1.60. The fourth-order valence-corrected chi connectivity index (χ4v) is 2.26. The lowest BCUT2D eigenvalue weighted by Gasteiger charge is -2.02. The molecule has 0 aliphatic heterocycles. The summed E-state index contributed by atoms with van der Waals surface area (Å²) in [6.07, 6.45) is 0. The van der Waals surface area contributed by atoms with Crippen molar-refractivity contribution in [2.45, 2.75) is 6.92 Å². The van der Waals surface area contributed by atoms with Crippen LogP contribution >= 0.6 is 31.9 Å². The molecule has 0 radical (unpaired) electrons. The summed E-state index contributed by atoms with van der Waals surface area (Å²) >= 11 is 5.92. The lowest BCUT2D eigenvalue weighted by molar-refractivity contribution is -0.387. The van der Waals surface area contributed by atoms with E-state index in [4.69, 9.17) is 0 Å². The molecule has 0 amide bonds. The van der Waals surface area contributed by atoms with Gasteiger partial charge in [-0.05, 0) is 34.5 Å². The van der Waals surface area contributed by atoms with Crippen molar-refractivity contribution in [3.05, 3.63) is 70.6 Å². The highest BCUT2D eigenvalue weighted by Gasteiger charge is 2.17. The molecule has 0 fully saturated rings. The smallest absolute Gasteiger partial charge is 0.312 e. The van der Waals surface area contributed by atoms with Gasteiger partial charge < -0.3 is 4.74 Å². The monoisotopic (exact) mass is 482 g/mol. The van der Waals surface area contributed by atoms with Gasteiger partial charge >= 0.3 is 11.4 Å². The molecule has 25 heavy (non-hydrogen) atoms. The number of methoxy groups -OCH3 is 1. The van der Waals surface area contributed by atoms with Gasteiger partial charge in [-0.1, -0.05) is 15.9 Å². The van der Waals surface area contributed by atoms with Gasteiger partial charge in [0.2, 0.25) is 5.82 Å². The number of benzene rings is 2. The highest BCUT2D eigenvalue weighted by atomic mass is 79.9.